The van der Waals surface area contributed by atoms with Gasteiger partial charge in [-0.1, -0.05) is 0 Å². The zero-order valence-electron chi connectivity index (χ0n) is 21.4. The van der Waals surface area contributed by atoms with Crippen LogP contribution < -0.4 is 31.9 Å². The van der Waals surface area contributed by atoms with Gasteiger partial charge in [-0.15, -0.1) is 0 Å². The molecule has 0 aromatic rings. The minimum atomic E-state index is -1.15. The molecule has 1 heterocycles. The van der Waals surface area contributed by atoms with Crippen LogP contribution in [0.2, 0.25) is 0 Å². The molecular formula is C23H39N7O7. The van der Waals surface area contributed by atoms with Crippen LogP contribution in [0.5, 0.6) is 0 Å². The summed E-state index contributed by atoms with van der Waals surface area (Å²) in [5, 5.41) is 25.9. The SMILES string of the molecule is C[C@H](NC(=O)[C@H](C)NC(=O)CCNCCNCCNCCNC(=O)CCCN1C(=O)C=CC1=O)C(=O)O. The molecule has 1 aliphatic rings. The molecule has 37 heavy (non-hydrogen) atoms. The number of nitrogens with zero attached hydrogens (tertiary/aromatic N) is 1. The third-order valence-electron chi connectivity index (χ3n) is 5.30. The molecule has 0 saturated carbocycles. The average Bonchev–Trinajstić information content (AvgIpc) is 3.16. The van der Waals surface area contributed by atoms with E-state index in [1.807, 2.05) is 0 Å². The maximum atomic E-state index is 11.9. The molecule has 2 atom stereocenters. The van der Waals surface area contributed by atoms with Crippen LogP contribution in [0.1, 0.15) is 33.1 Å². The van der Waals surface area contributed by atoms with Gasteiger partial charge in [0.2, 0.25) is 17.7 Å². The molecular weight excluding hydrogens is 486 g/mol. The fraction of sp³-hybridized carbons (Fsp3) is 0.652. The average molecular weight is 526 g/mol. The van der Waals surface area contributed by atoms with Crippen molar-refractivity contribution in [1.82, 2.24) is 36.8 Å². The number of imide groups is 1. The second-order valence-corrected chi connectivity index (χ2v) is 8.47. The van der Waals surface area contributed by atoms with Crippen LogP contribution in [0.25, 0.3) is 0 Å². The summed E-state index contributed by atoms with van der Waals surface area (Å²) in [4.78, 5) is 70.2. The Morgan fingerprint density at radius 3 is 1.86 bits per heavy atom. The second kappa shape index (κ2) is 18.0. The largest absolute Gasteiger partial charge is 0.480 e. The van der Waals surface area contributed by atoms with Crippen molar-refractivity contribution in [2.24, 2.45) is 0 Å². The maximum absolute atomic E-state index is 11.9. The molecule has 1 aliphatic heterocycles. The molecule has 0 spiro atoms. The third kappa shape index (κ3) is 14.1. The Labute approximate surface area is 216 Å². The minimum Gasteiger partial charge on any atom is -0.480 e. The van der Waals surface area contributed by atoms with Crippen LogP contribution in [-0.2, 0) is 28.8 Å². The molecule has 14 nitrogen and oxygen atoms in total. The zero-order valence-corrected chi connectivity index (χ0v) is 21.4. The van der Waals surface area contributed by atoms with E-state index in [4.69, 9.17) is 5.11 Å². The fourth-order valence-electron chi connectivity index (χ4n) is 3.14. The lowest BCUT2D eigenvalue weighted by Gasteiger charge is -2.16. The van der Waals surface area contributed by atoms with Gasteiger partial charge in [-0.3, -0.25) is 33.7 Å². The summed E-state index contributed by atoms with van der Waals surface area (Å²) in [6.45, 7) is 7.38. The van der Waals surface area contributed by atoms with E-state index in [1.165, 1.54) is 26.0 Å². The topological polar surface area (TPSA) is 198 Å². The van der Waals surface area contributed by atoms with Crippen molar-refractivity contribution in [3.8, 4) is 0 Å². The standard InChI is InChI=1S/C23H39N7O7/c1-16(22(35)29-17(2)23(36)37)28-19(32)7-8-24-9-10-25-11-12-26-13-14-27-18(31)4-3-15-30-20(33)5-6-21(30)34/h5-6,16-17,24-26H,3-4,7-15H2,1-2H3,(H,27,31)(H,28,32)(H,29,35)(H,36,37)/t16-,17-/m0/s1. The lowest BCUT2D eigenvalue weighted by molar-refractivity contribution is -0.141. The highest BCUT2D eigenvalue weighted by Gasteiger charge is 2.22. The van der Waals surface area contributed by atoms with Gasteiger partial charge in [0.05, 0.1) is 0 Å². The summed E-state index contributed by atoms with van der Waals surface area (Å²) >= 11 is 0. The third-order valence-corrected chi connectivity index (χ3v) is 5.30. The van der Waals surface area contributed by atoms with Crippen LogP contribution in [0, 0.1) is 0 Å². The summed E-state index contributed by atoms with van der Waals surface area (Å²) in [6, 6.07) is -1.85. The predicted octanol–water partition coefficient (Wildman–Crippen LogP) is -2.94. The Hall–Kier alpha value is -3.36. The number of nitrogens with one attached hydrogen (secondary N) is 6. The Bertz CT molecular complexity index is 816. The summed E-state index contributed by atoms with van der Waals surface area (Å²) in [5.74, 6) is -2.83. The number of carbonyl (C=O) groups is 6. The van der Waals surface area contributed by atoms with Gasteiger partial charge in [0.15, 0.2) is 0 Å². The molecule has 0 aromatic carbocycles. The lowest BCUT2D eigenvalue weighted by Crippen LogP contribution is -2.49. The van der Waals surface area contributed by atoms with Gasteiger partial charge in [0.25, 0.3) is 11.8 Å². The summed E-state index contributed by atoms with van der Waals surface area (Å²) in [7, 11) is 0. The van der Waals surface area contributed by atoms with E-state index >= 15 is 0 Å². The first kappa shape index (κ1) is 31.7. The highest BCUT2D eigenvalue weighted by Crippen LogP contribution is 2.05. The second-order valence-electron chi connectivity index (χ2n) is 8.47. The summed E-state index contributed by atoms with van der Waals surface area (Å²) in [5.41, 5.74) is 0. The van der Waals surface area contributed by atoms with Crippen LogP contribution in [-0.4, -0.2) is 110 Å². The first-order valence-electron chi connectivity index (χ1n) is 12.4. The van der Waals surface area contributed by atoms with Crippen molar-refractivity contribution in [1.29, 1.82) is 0 Å². The van der Waals surface area contributed by atoms with Crippen molar-refractivity contribution < 1.29 is 33.9 Å². The smallest absolute Gasteiger partial charge is 0.325 e. The van der Waals surface area contributed by atoms with Gasteiger partial charge in [-0.25, -0.2) is 0 Å². The van der Waals surface area contributed by atoms with E-state index in [0.717, 1.165) is 11.4 Å². The Morgan fingerprint density at radius 1 is 0.757 bits per heavy atom. The molecule has 7 N–H and O–H groups in total. The van der Waals surface area contributed by atoms with Crippen LogP contribution in [0.4, 0.5) is 0 Å². The van der Waals surface area contributed by atoms with Crippen LogP contribution in [0.15, 0.2) is 12.2 Å². The number of amides is 5. The number of rotatable bonds is 20. The van der Waals surface area contributed by atoms with E-state index in [1.54, 1.807) is 0 Å². The molecule has 0 radical (unpaired) electrons. The molecule has 0 unspecified atom stereocenters. The monoisotopic (exact) mass is 525 g/mol. The van der Waals surface area contributed by atoms with Crippen LogP contribution in [0.3, 0.4) is 0 Å². The van der Waals surface area contributed by atoms with E-state index in [0.29, 0.717) is 45.7 Å². The van der Waals surface area contributed by atoms with Crippen molar-refractivity contribution in [2.45, 2.75) is 45.2 Å². The molecule has 1 rings (SSSR count). The lowest BCUT2D eigenvalue weighted by atomic mass is 10.2. The molecule has 0 aromatic heterocycles. The number of hydrogen-bond acceptors (Lipinski definition) is 9. The first-order valence-corrected chi connectivity index (χ1v) is 12.4. The van der Waals surface area contributed by atoms with E-state index in [-0.39, 0.29) is 43.0 Å². The molecule has 208 valence electrons. The highest BCUT2D eigenvalue weighted by atomic mass is 16.4. The number of carboxylic acids is 1. The summed E-state index contributed by atoms with van der Waals surface area (Å²) < 4.78 is 0. The van der Waals surface area contributed by atoms with Gasteiger partial charge in [0, 0.05) is 77.4 Å². The molecule has 0 saturated heterocycles. The van der Waals surface area contributed by atoms with E-state index in [9.17, 15) is 28.8 Å². The number of aliphatic carboxylic acids is 1. The minimum absolute atomic E-state index is 0.128. The zero-order chi connectivity index (χ0) is 27.6. The van der Waals surface area contributed by atoms with Gasteiger partial charge < -0.3 is 37.0 Å². The normalized spacial score (nSPS) is 14.4. The molecule has 0 bridgehead atoms. The quantitative estimate of drug-likeness (QED) is 0.0637. The summed E-state index contributed by atoms with van der Waals surface area (Å²) in [6.07, 6.45) is 3.30. The van der Waals surface area contributed by atoms with E-state index < -0.39 is 24.0 Å². The molecule has 0 aliphatic carbocycles. The Kier molecular flexibility index (Phi) is 15.4. The Balaban J connectivity index is 1.90. The number of carbonyl (C=O) groups excluding carboxylic acids is 5. The van der Waals surface area contributed by atoms with Crippen molar-refractivity contribution in [3.05, 3.63) is 12.2 Å². The van der Waals surface area contributed by atoms with Crippen molar-refractivity contribution >= 4 is 35.5 Å². The molecule has 0 fully saturated rings. The number of hydrogen-bond donors (Lipinski definition) is 7. The van der Waals surface area contributed by atoms with Crippen molar-refractivity contribution in [3.63, 3.8) is 0 Å². The molecule has 5 amide bonds. The number of carboxylic acid groups (broad SMARTS) is 1. The van der Waals surface area contributed by atoms with Crippen molar-refractivity contribution in [2.75, 3.05) is 52.4 Å². The fourth-order valence-corrected chi connectivity index (χ4v) is 3.14. The van der Waals surface area contributed by atoms with Gasteiger partial charge in [0.1, 0.15) is 12.1 Å². The van der Waals surface area contributed by atoms with Gasteiger partial charge in [-0.2, -0.15) is 0 Å². The first-order chi connectivity index (χ1) is 17.6. The van der Waals surface area contributed by atoms with E-state index in [2.05, 4.69) is 31.9 Å². The van der Waals surface area contributed by atoms with Gasteiger partial charge in [-0.05, 0) is 20.3 Å². The van der Waals surface area contributed by atoms with Gasteiger partial charge >= 0.3 is 5.97 Å². The van der Waals surface area contributed by atoms with Crippen LogP contribution >= 0.6 is 0 Å². The predicted molar refractivity (Wildman–Crippen MR) is 134 cm³/mol. The maximum Gasteiger partial charge on any atom is 0.325 e. The highest BCUT2D eigenvalue weighted by molar-refractivity contribution is 6.12. The molecule has 14 heteroatoms. The Morgan fingerprint density at radius 2 is 1.30 bits per heavy atom.